The van der Waals surface area contributed by atoms with Crippen LogP contribution in [0.4, 0.5) is 4.79 Å². The molecule has 3 rings (SSSR count). The zero-order valence-corrected chi connectivity index (χ0v) is 14.2. The van der Waals surface area contributed by atoms with E-state index in [9.17, 15) is 19.2 Å². The van der Waals surface area contributed by atoms with Gasteiger partial charge in [0, 0.05) is 51.8 Å². The average molecular weight is 350 g/mol. The van der Waals surface area contributed by atoms with Crippen LogP contribution in [-0.2, 0) is 16.1 Å². The number of hydrogen-bond donors (Lipinski definition) is 1. The molecule has 9 nitrogen and oxygen atoms in total. The van der Waals surface area contributed by atoms with Gasteiger partial charge in [-0.25, -0.2) is 9.59 Å². The van der Waals surface area contributed by atoms with Gasteiger partial charge in [0.25, 0.3) is 5.56 Å². The van der Waals surface area contributed by atoms with Crippen molar-refractivity contribution in [2.24, 2.45) is 0 Å². The Morgan fingerprint density at radius 1 is 1.28 bits per heavy atom. The Bertz CT molecular complexity index is 785. The summed E-state index contributed by atoms with van der Waals surface area (Å²) in [6.45, 7) is 1.91. The molecule has 1 aromatic rings. The molecule has 9 heteroatoms. The van der Waals surface area contributed by atoms with Gasteiger partial charge in [-0.1, -0.05) is 0 Å². The summed E-state index contributed by atoms with van der Waals surface area (Å²) in [5.74, 6) is -0.0483. The lowest BCUT2D eigenvalue weighted by Crippen LogP contribution is -2.37. The Kier molecular flexibility index (Phi) is 4.65. The van der Waals surface area contributed by atoms with Crippen molar-refractivity contribution in [1.82, 2.24) is 19.4 Å². The molecule has 2 aliphatic rings. The molecule has 1 aromatic heterocycles. The van der Waals surface area contributed by atoms with Gasteiger partial charge >= 0.3 is 11.8 Å². The van der Waals surface area contributed by atoms with E-state index in [1.807, 2.05) is 0 Å². The highest BCUT2D eigenvalue weighted by Crippen LogP contribution is 2.32. The zero-order chi connectivity index (χ0) is 18.0. The number of hydrogen-bond acceptors (Lipinski definition) is 5. The molecule has 0 saturated carbocycles. The molecule has 0 bridgehead atoms. The van der Waals surface area contributed by atoms with Crippen molar-refractivity contribution in [3.05, 3.63) is 33.1 Å². The van der Waals surface area contributed by atoms with E-state index in [0.717, 1.165) is 12.8 Å². The average Bonchev–Trinajstić information content (AvgIpc) is 2.71. The standard InChI is InChI=1S/C16H22N4O5/c1-18-11-16(25-15(18)24)5-2-7-19(10-6-16)13(22)4-9-20-8-3-12(21)17-14(20)23/h3,8H,2,4-7,9-11H2,1H3,(H,17,21,23)/t16-/m1/s1. The number of rotatable bonds is 3. The van der Waals surface area contributed by atoms with E-state index in [1.165, 1.54) is 16.8 Å². The fraction of sp³-hybridized carbons (Fsp3) is 0.625. The summed E-state index contributed by atoms with van der Waals surface area (Å²) in [7, 11) is 1.72. The van der Waals surface area contributed by atoms with Gasteiger partial charge in [0.1, 0.15) is 5.60 Å². The minimum Gasteiger partial charge on any atom is -0.441 e. The van der Waals surface area contributed by atoms with Crippen molar-refractivity contribution >= 4 is 12.0 Å². The molecule has 1 spiro atoms. The third kappa shape index (κ3) is 3.75. The molecule has 0 aromatic carbocycles. The van der Waals surface area contributed by atoms with Crippen molar-refractivity contribution in [3.8, 4) is 0 Å². The first-order valence-electron chi connectivity index (χ1n) is 8.40. The number of nitrogens with zero attached hydrogens (tertiary/aromatic N) is 3. The molecule has 2 aliphatic heterocycles. The van der Waals surface area contributed by atoms with E-state index in [0.29, 0.717) is 26.1 Å². The van der Waals surface area contributed by atoms with Gasteiger partial charge in [0.05, 0.1) is 6.54 Å². The highest BCUT2D eigenvalue weighted by atomic mass is 16.6. The Labute approximate surface area is 144 Å². The van der Waals surface area contributed by atoms with Crippen LogP contribution in [0.3, 0.4) is 0 Å². The fourth-order valence-electron chi connectivity index (χ4n) is 3.46. The maximum absolute atomic E-state index is 12.5. The van der Waals surface area contributed by atoms with Crippen LogP contribution >= 0.6 is 0 Å². The summed E-state index contributed by atoms with van der Waals surface area (Å²) < 4.78 is 6.85. The predicted octanol–water partition coefficient (Wildman–Crippen LogP) is -0.240. The Morgan fingerprint density at radius 2 is 2.08 bits per heavy atom. The van der Waals surface area contributed by atoms with Gasteiger partial charge in [-0.15, -0.1) is 0 Å². The second-order valence-electron chi connectivity index (χ2n) is 6.69. The van der Waals surface area contributed by atoms with Gasteiger partial charge in [0.2, 0.25) is 5.91 Å². The summed E-state index contributed by atoms with van der Waals surface area (Å²) >= 11 is 0. The Hall–Kier alpha value is -2.58. The monoisotopic (exact) mass is 350 g/mol. The fourth-order valence-corrected chi connectivity index (χ4v) is 3.46. The largest absolute Gasteiger partial charge is 0.441 e. The third-order valence-electron chi connectivity index (χ3n) is 4.85. The number of amides is 2. The van der Waals surface area contributed by atoms with Gasteiger partial charge < -0.3 is 19.1 Å². The first kappa shape index (κ1) is 17.2. The maximum atomic E-state index is 12.5. The number of aromatic nitrogens is 2. The van der Waals surface area contributed by atoms with E-state index < -0.39 is 16.9 Å². The molecule has 0 radical (unpaired) electrons. The summed E-state index contributed by atoms with van der Waals surface area (Å²) in [6.07, 6.45) is 3.39. The predicted molar refractivity (Wildman–Crippen MR) is 88.2 cm³/mol. The van der Waals surface area contributed by atoms with E-state index in [2.05, 4.69) is 4.98 Å². The van der Waals surface area contributed by atoms with E-state index in [-0.39, 0.29) is 25.0 Å². The van der Waals surface area contributed by atoms with Gasteiger partial charge in [0.15, 0.2) is 0 Å². The van der Waals surface area contributed by atoms with E-state index >= 15 is 0 Å². The SMILES string of the molecule is CN1C[C@]2(CCCN(C(=O)CCn3ccc(=O)[nH]c3=O)CC2)OC1=O. The molecule has 136 valence electrons. The quantitative estimate of drug-likeness (QED) is 0.810. The molecule has 1 atom stereocenters. The molecule has 2 amide bonds. The molecule has 0 unspecified atom stereocenters. The zero-order valence-electron chi connectivity index (χ0n) is 14.2. The summed E-state index contributed by atoms with van der Waals surface area (Å²) in [4.78, 5) is 52.3. The maximum Gasteiger partial charge on any atom is 0.410 e. The number of aromatic amines is 1. The number of aryl methyl sites for hydroxylation is 1. The molecule has 3 heterocycles. The lowest BCUT2D eigenvalue weighted by Gasteiger charge is -2.25. The molecule has 2 saturated heterocycles. The summed E-state index contributed by atoms with van der Waals surface area (Å²) in [6, 6.07) is 1.26. The van der Waals surface area contributed by atoms with Crippen LogP contribution in [0.1, 0.15) is 25.7 Å². The first-order valence-corrected chi connectivity index (χ1v) is 8.40. The van der Waals surface area contributed by atoms with Crippen molar-refractivity contribution in [2.45, 2.75) is 37.8 Å². The molecule has 0 aliphatic carbocycles. The Balaban J connectivity index is 1.57. The topological polar surface area (TPSA) is 105 Å². The van der Waals surface area contributed by atoms with Crippen molar-refractivity contribution in [3.63, 3.8) is 0 Å². The first-order chi connectivity index (χ1) is 11.9. The lowest BCUT2D eigenvalue weighted by atomic mass is 9.95. The van der Waals surface area contributed by atoms with Crippen molar-refractivity contribution in [1.29, 1.82) is 0 Å². The van der Waals surface area contributed by atoms with E-state index in [1.54, 1.807) is 16.8 Å². The third-order valence-corrected chi connectivity index (χ3v) is 4.85. The number of likely N-dealkylation sites (tertiary alicyclic amines) is 1. The summed E-state index contributed by atoms with van der Waals surface area (Å²) in [5, 5.41) is 0. The number of carbonyl (C=O) groups excluding carboxylic acids is 2. The van der Waals surface area contributed by atoms with Crippen LogP contribution in [0.2, 0.25) is 0 Å². The minimum atomic E-state index is -0.518. The van der Waals surface area contributed by atoms with Crippen LogP contribution in [0.25, 0.3) is 0 Å². The Morgan fingerprint density at radius 3 is 2.76 bits per heavy atom. The number of carbonyl (C=O) groups is 2. The van der Waals surface area contributed by atoms with Gasteiger partial charge in [-0.3, -0.25) is 14.6 Å². The van der Waals surface area contributed by atoms with Crippen LogP contribution < -0.4 is 11.2 Å². The smallest absolute Gasteiger partial charge is 0.410 e. The summed E-state index contributed by atoms with van der Waals surface area (Å²) in [5.41, 5.74) is -1.46. The second-order valence-corrected chi connectivity index (χ2v) is 6.69. The molecule has 1 N–H and O–H groups in total. The normalized spacial score (nSPS) is 23.6. The van der Waals surface area contributed by atoms with Gasteiger partial charge in [-0.2, -0.15) is 0 Å². The van der Waals surface area contributed by atoms with Crippen LogP contribution in [0.5, 0.6) is 0 Å². The van der Waals surface area contributed by atoms with E-state index in [4.69, 9.17) is 4.74 Å². The van der Waals surface area contributed by atoms with Crippen LogP contribution in [0, 0.1) is 0 Å². The molecule has 2 fully saturated rings. The number of ether oxygens (including phenoxy) is 1. The van der Waals surface area contributed by atoms with Crippen LogP contribution in [0.15, 0.2) is 21.9 Å². The number of likely N-dealkylation sites (N-methyl/N-ethyl adjacent to an activating group) is 1. The van der Waals surface area contributed by atoms with Crippen molar-refractivity contribution < 1.29 is 14.3 Å². The highest BCUT2D eigenvalue weighted by molar-refractivity contribution is 5.76. The number of H-pyrrole nitrogens is 1. The number of nitrogens with one attached hydrogen (secondary N) is 1. The van der Waals surface area contributed by atoms with Crippen LogP contribution in [-0.4, -0.2) is 63.6 Å². The van der Waals surface area contributed by atoms with Crippen molar-refractivity contribution in [2.75, 3.05) is 26.7 Å². The lowest BCUT2D eigenvalue weighted by molar-refractivity contribution is -0.131. The van der Waals surface area contributed by atoms with Gasteiger partial charge in [-0.05, 0) is 12.8 Å². The molecule has 25 heavy (non-hydrogen) atoms. The second kappa shape index (κ2) is 6.73. The minimum absolute atomic E-state index is 0.0483. The molecular formula is C16H22N4O5. The molecular weight excluding hydrogens is 328 g/mol. The highest BCUT2D eigenvalue weighted by Gasteiger charge is 2.44.